The maximum atomic E-state index is 15.1. The Balaban J connectivity index is 0.817. The molecule has 2 aliphatic heterocycles. The lowest BCUT2D eigenvalue weighted by molar-refractivity contribution is -0.213. The van der Waals surface area contributed by atoms with Gasteiger partial charge in [-0.25, -0.2) is 25.1 Å². The van der Waals surface area contributed by atoms with Gasteiger partial charge in [0.2, 0.25) is 41.4 Å². The van der Waals surface area contributed by atoms with Crippen molar-refractivity contribution in [2.24, 2.45) is 29.4 Å². The van der Waals surface area contributed by atoms with Gasteiger partial charge in [-0.1, -0.05) is 154 Å². The number of nitrogens with zero attached hydrogens (tertiary/aromatic N) is 4. The number of fused-ring (bicyclic) bond motifs is 2. The maximum Gasteiger partial charge on any atom is 0.426 e. The number of carbonyl (C=O) groups excluding carboxylic acids is 12. The van der Waals surface area contributed by atoms with E-state index in [9.17, 15) is 57.8 Å². The predicted molar refractivity (Wildman–Crippen MR) is 485 cm³/mol. The van der Waals surface area contributed by atoms with Crippen molar-refractivity contribution in [3.05, 3.63) is 141 Å². The summed E-state index contributed by atoms with van der Waals surface area (Å²) < 4.78 is 33.8. The summed E-state index contributed by atoms with van der Waals surface area (Å²) in [6, 6.07) is 22.6. The first-order valence-corrected chi connectivity index (χ1v) is 45.5. The highest BCUT2D eigenvalue weighted by atomic mass is 32.1. The average molecular weight is 1800 g/mol. The van der Waals surface area contributed by atoms with E-state index in [0.29, 0.717) is 55.8 Å². The van der Waals surface area contributed by atoms with Crippen molar-refractivity contribution in [3.63, 3.8) is 0 Å². The number of aromatic hydroxyl groups is 1. The quantitative estimate of drug-likeness (QED) is 0.00979. The number of allylic oxidation sites excluding steroid dienone is 1. The summed E-state index contributed by atoms with van der Waals surface area (Å²) in [7, 11) is 1.91. The van der Waals surface area contributed by atoms with Crippen molar-refractivity contribution in [2.45, 2.75) is 227 Å². The van der Waals surface area contributed by atoms with Crippen molar-refractivity contribution in [2.75, 3.05) is 96.4 Å². The number of carbonyl (C=O) groups is 12. The van der Waals surface area contributed by atoms with Gasteiger partial charge < -0.3 is 81.4 Å². The fourth-order valence-corrected chi connectivity index (χ4v) is 15.5. The van der Waals surface area contributed by atoms with Gasteiger partial charge in [0.05, 0.1) is 83.8 Å². The third-order valence-electron chi connectivity index (χ3n) is 22.1. The number of ether oxygens (including phenoxy) is 6. The highest BCUT2D eigenvalue weighted by molar-refractivity contribution is 7.09. The van der Waals surface area contributed by atoms with Crippen LogP contribution in [-0.4, -0.2) is 214 Å². The number of likely N-dealkylation sites (tertiary alicyclic amines) is 1. The molecule has 12 N–H and O–H groups in total. The van der Waals surface area contributed by atoms with Crippen molar-refractivity contribution in [1.29, 1.82) is 0 Å². The number of primary amides is 1. The van der Waals surface area contributed by atoms with E-state index in [1.807, 2.05) is 82.1 Å². The number of likely N-dealkylation sites (N-methyl/N-ethyl adjacent to an activating group) is 1. The number of amides is 12. The van der Waals surface area contributed by atoms with Gasteiger partial charge >= 0.3 is 18.1 Å². The van der Waals surface area contributed by atoms with Crippen molar-refractivity contribution in [3.8, 4) is 5.75 Å². The lowest BCUT2D eigenvalue weighted by Gasteiger charge is -2.39. The Kier molecular flexibility index (Phi) is 45.3. The molecular weight excluding hydrogens is 1670 g/mol. The minimum atomic E-state index is -1.14. The molecule has 9 atom stereocenters. The zero-order chi connectivity index (χ0) is 93.0. The number of hydrogen-bond acceptors (Lipinski definition) is 23. The Labute approximate surface area is 755 Å². The van der Waals surface area contributed by atoms with Crippen molar-refractivity contribution < 1.29 is 95.9 Å². The second-order valence-electron chi connectivity index (χ2n) is 33.0. The molecule has 0 radical (unpaired) electrons. The van der Waals surface area contributed by atoms with Crippen LogP contribution in [-0.2, 0) is 96.0 Å². The Bertz CT molecular complexity index is 4420. The van der Waals surface area contributed by atoms with Crippen LogP contribution in [0, 0.1) is 23.7 Å². The molecule has 0 unspecified atom stereocenters. The highest BCUT2D eigenvalue weighted by Crippen LogP contribution is 2.35. The number of hydrogen-bond donors (Lipinski definition) is 11. The minimum absolute atomic E-state index is 0.0128. The first-order chi connectivity index (χ1) is 61.4. The second-order valence-corrected chi connectivity index (χ2v) is 33.9. The number of nitrogens with two attached hydrogens (primary N) is 1. The summed E-state index contributed by atoms with van der Waals surface area (Å²) in [4.78, 5) is 177. The molecule has 34 nitrogen and oxygen atoms in total. The van der Waals surface area contributed by atoms with Crippen LogP contribution < -0.4 is 58.7 Å². The lowest BCUT2D eigenvalue weighted by Crippen LogP contribution is -2.58. The number of benzene rings is 4. The zero-order valence-corrected chi connectivity index (χ0v) is 76.8. The summed E-state index contributed by atoms with van der Waals surface area (Å²) in [5, 5.41) is 32.9. The summed E-state index contributed by atoms with van der Waals surface area (Å²) in [5.74, 6) is -6.39. The summed E-state index contributed by atoms with van der Waals surface area (Å²) >= 11 is 1.09. The molecule has 12 amide bonds. The van der Waals surface area contributed by atoms with Gasteiger partial charge in [-0.05, 0) is 153 Å². The number of aromatic nitrogens is 1. The number of nitrogens with one attached hydrogen (secondary N) is 9. The Morgan fingerprint density at radius 1 is 0.656 bits per heavy atom. The summed E-state index contributed by atoms with van der Waals surface area (Å²) in [6.45, 7) is 21.6. The van der Waals surface area contributed by atoms with Crippen LogP contribution >= 0.6 is 11.3 Å². The van der Waals surface area contributed by atoms with Crippen LogP contribution in [0.3, 0.4) is 0 Å². The number of hydrazine groups is 1. The number of phenols is 1. The number of rotatable bonds is 54. The van der Waals surface area contributed by atoms with Gasteiger partial charge in [0, 0.05) is 68.7 Å². The van der Waals surface area contributed by atoms with Gasteiger partial charge in [0.25, 0.3) is 11.8 Å². The number of piperidine rings is 1. The molecule has 4 aromatic carbocycles. The Hall–Kier alpha value is -11.0. The molecular formula is C93H134N14O20S. The predicted octanol–water partition coefficient (Wildman–Crippen LogP) is 10.0. The monoisotopic (exact) mass is 1800 g/mol. The number of phenolic OH excluding ortho intramolecular Hbond substituents is 1. The molecule has 0 aliphatic carbocycles. The molecule has 35 heteroatoms. The molecule has 128 heavy (non-hydrogen) atoms. The van der Waals surface area contributed by atoms with Crippen LogP contribution in [0.15, 0.2) is 102 Å². The number of anilines is 2. The number of unbranched alkanes of at least 4 members (excludes halogenated alkanes) is 3. The van der Waals surface area contributed by atoms with Crippen molar-refractivity contribution >= 4 is 106 Å². The lowest BCUT2D eigenvalue weighted by atomic mass is 9.93. The van der Waals surface area contributed by atoms with Gasteiger partial charge in [-0.2, -0.15) is 0 Å². The second kappa shape index (κ2) is 55.7. The molecule has 2 aliphatic rings. The van der Waals surface area contributed by atoms with Gasteiger partial charge in [0.1, 0.15) is 41.2 Å². The molecule has 702 valence electrons. The Morgan fingerprint density at radius 3 is 2.01 bits per heavy atom. The first kappa shape index (κ1) is 104. The molecule has 1 fully saturated rings. The number of thiazole rings is 1. The SMILES string of the molecule is CCCCCCON(C(=O)[C@@H](NC(=O)[C@H]1CCCCN1C)[C@@H](C)CC)[C@H](C[C@@H](OC(C)=O)c1nc(C(=O)N[C@@H](Cc2ccc(O)cc2)C[C@H](C)C(=O)NNC(=O)OCc2ccc(NC(=O)[C@H](CCCNC(N)=O)NC(=O)[C@@H](NC(=O)CCOCCOCCOCCOCCNC(=O)CCC(=O)N3Cc4ccccc4/C(C)=C\c4ccccc43)C(C)C)cc2)cs1)C(C)C. The topological polar surface area (TPSA) is 447 Å². The van der Waals surface area contributed by atoms with E-state index in [4.69, 9.17) is 44.0 Å². The molecule has 7 rings (SSSR count). The van der Waals surface area contributed by atoms with Crippen LogP contribution in [0.2, 0.25) is 0 Å². The summed E-state index contributed by atoms with van der Waals surface area (Å²) in [6.07, 6.45) is 7.22. The molecule has 0 saturated carbocycles. The van der Waals surface area contributed by atoms with Crippen molar-refractivity contribution in [1.82, 2.24) is 57.7 Å². The standard InChI is InChI=1S/C93H134N14O20S/c1-12-14-15-22-44-126-107(91(118)84(62(7)13-2)102-88(116)77-29-20-21-43-105(77)11)78(60(3)4)56-79(127-65(10)108)90-100-75(59-128-90)87(115)98-71(55-66-32-36-72(109)37-33-66)54-64(9)85(113)103-104-93(120)125-58-67-30-34-70(35-31-67)97-86(114)74(27-23-41-96-92(94)119)99-89(117)83(61(5)6)101-81(111)40-45-121-47-49-123-51-52-124-50-48-122-46-42-95-80(110)38-39-82(112)106-57-69-25-16-18-26-73(69)63(8)53-68-24-17-19-28-76(68)106/h16-19,24-26,28,30-37,53,59-62,64,71,74,77-79,83-84,109H,12-15,20-23,27,29,38-52,54-58H2,1-11H3,(H,95,110)(H,97,114)(H,98,115)(H,99,117)(H,101,111)(H,102,116)(H,103,113)(H,104,120)(H3,94,96,119)/b63-53-/t62-,64-,71+,74-,77+,78+,79+,83-,84-/m0/s1. The molecule has 5 aromatic rings. The fourth-order valence-electron chi connectivity index (χ4n) is 14.7. The highest BCUT2D eigenvalue weighted by Gasteiger charge is 2.41. The average Bonchev–Trinajstić information content (AvgIpc) is 0.833. The van der Waals surface area contributed by atoms with E-state index in [2.05, 4.69) is 74.1 Å². The van der Waals surface area contributed by atoms with E-state index in [1.165, 1.54) is 29.5 Å². The minimum Gasteiger partial charge on any atom is -0.508 e. The maximum absolute atomic E-state index is 15.1. The molecule has 0 spiro atoms. The van der Waals surface area contributed by atoms with Crippen LogP contribution in [0.1, 0.15) is 215 Å². The van der Waals surface area contributed by atoms with E-state index in [0.717, 1.165) is 77.9 Å². The van der Waals surface area contributed by atoms with Gasteiger partial charge in [-0.3, -0.25) is 63.1 Å². The third kappa shape index (κ3) is 35.9. The van der Waals surface area contributed by atoms with Crippen LogP contribution in [0.25, 0.3) is 11.6 Å². The number of esters is 1. The van der Waals surface area contributed by atoms with E-state index in [1.54, 1.807) is 62.1 Å². The number of hydroxylamine groups is 2. The van der Waals surface area contributed by atoms with E-state index >= 15 is 4.79 Å². The van der Waals surface area contributed by atoms with Gasteiger partial charge in [-0.15, -0.1) is 11.3 Å². The largest absolute Gasteiger partial charge is 0.508 e. The normalized spacial score (nSPS) is 15.5. The smallest absolute Gasteiger partial charge is 0.426 e. The molecule has 0 bridgehead atoms. The third-order valence-corrected chi connectivity index (χ3v) is 23.1. The van der Waals surface area contributed by atoms with E-state index < -0.39 is 102 Å². The molecule has 1 aromatic heterocycles. The Morgan fingerprint density at radius 2 is 1.34 bits per heavy atom. The van der Waals surface area contributed by atoms with Crippen LogP contribution in [0.4, 0.5) is 21.0 Å². The first-order valence-electron chi connectivity index (χ1n) is 44.6. The number of para-hydroxylation sites is 1. The van der Waals surface area contributed by atoms with E-state index in [-0.39, 0.29) is 169 Å². The molecule has 3 heterocycles. The fraction of sp³-hybridized carbons (Fsp3) is 0.559. The number of urea groups is 1. The van der Waals surface area contributed by atoms with Gasteiger partial charge in [0.15, 0.2) is 6.10 Å². The van der Waals surface area contributed by atoms with Crippen LogP contribution in [0.5, 0.6) is 5.75 Å². The molecule has 1 saturated heterocycles. The zero-order valence-electron chi connectivity index (χ0n) is 75.9. The summed E-state index contributed by atoms with van der Waals surface area (Å²) in [5.41, 5.74) is 16.4.